The van der Waals surface area contributed by atoms with Gasteiger partial charge in [0.15, 0.2) is 0 Å². The zero-order valence-corrected chi connectivity index (χ0v) is 7.89. The molecule has 0 amide bonds. The zero-order chi connectivity index (χ0) is 8.72. The topological polar surface area (TPSA) is 4.41 Å². The van der Waals surface area contributed by atoms with E-state index in [0.29, 0.717) is 0 Å². The van der Waals surface area contributed by atoms with Gasteiger partial charge in [0.1, 0.15) is 0 Å². The maximum absolute atomic E-state index is 5.88. The maximum atomic E-state index is 5.88. The molecule has 0 saturated heterocycles. The largest absolute Gasteiger partial charge is 0.319 e. The summed E-state index contributed by atoms with van der Waals surface area (Å²) in [5.41, 5.74) is 3.76. The van der Waals surface area contributed by atoms with E-state index in [9.17, 15) is 0 Å². The summed E-state index contributed by atoms with van der Waals surface area (Å²) in [6.07, 6.45) is 1.94. The van der Waals surface area contributed by atoms with Crippen molar-refractivity contribution in [2.45, 2.75) is 13.8 Å². The van der Waals surface area contributed by atoms with Crippen molar-refractivity contribution in [3.8, 4) is 0 Å². The number of halogens is 1. The third-order valence-electron chi connectivity index (χ3n) is 2.12. The summed E-state index contributed by atoms with van der Waals surface area (Å²) in [7, 11) is 0. The highest BCUT2D eigenvalue weighted by atomic mass is 35.5. The van der Waals surface area contributed by atoms with Crippen molar-refractivity contribution in [1.82, 2.24) is 4.40 Å². The number of hydrogen-bond donors (Lipinski definition) is 0. The number of aryl methyl sites for hydroxylation is 2. The fourth-order valence-corrected chi connectivity index (χ4v) is 1.71. The van der Waals surface area contributed by atoms with Crippen LogP contribution in [0.2, 0.25) is 5.02 Å². The molecule has 0 radical (unpaired) electrons. The lowest BCUT2D eigenvalue weighted by Gasteiger charge is -1.98. The standard InChI is InChI=1S/C10H10ClN/c1-7-5-8(2)12-6-9(11)3-4-10(7)12/h3-6H,1-2H3. The molecule has 0 aliphatic heterocycles. The van der Waals surface area contributed by atoms with Crippen molar-refractivity contribution in [3.05, 3.63) is 40.7 Å². The fourth-order valence-electron chi connectivity index (χ4n) is 1.54. The van der Waals surface area contributed by atoms with Gasteiger partial charge in [-0.3, -0.25) is 0 Å². The number of fused-ring (bicyclic) bond motifs is 1. The van der Waals surface area contributed by atoms with E-state index in [1.54, 1.807) is 0 Å². The molecule has 2 aromatic heterocycles. The Morgan fingerprint density at radius 1 is 1.25 bits per heavy atom. The first kappa shape index (κ1) is 7.69. The molecule has 0 N–H and O–H groups in total. The average molecular weight is 180 g/mol. The first-order chi connectivity index (χ1) is 5.68. The van der Waals surface area contributed by atoms with Crippen LogP contribution in [-0.2, 0) is 0 Å². The SMILES string of the molecule is Cc1cc(C)n2cc(Cl)ccc12. The lowest BCUT2D eigenvalue weighted by molar-refractivity contribution is 1.11. The number of hydrogen-bond acceptors (Lipinski definition) is 0. The van der Waals surface area contributed by atoms with Crippen LogP contribution in [0.3, 0.4) is 0 Å². The monoisotopic (exact) mass is 179 g/mol. The Kier molecular flexibility index (Phi) is 1.62. The molecule has 2 heterocycles. The molecule has 0 unspecified atom stereocenters. The van der Waals surface area contributed by atoms with Gasteiger partial charge in [-0.15, -0.1) is 0 Å². The molecule has 0 fully saturated rings. The lowest BCUT2D eigenvalue weighted by Crippen LogP contribution is -1.85. The minimum Gasteiger partial charge on any atom is -0.319 e. The van der Waals surface area contributed by atoms with Crippen LogP contribution in [0.25, 0.3) is 5.52 Å². The predicted octanol–water partition coefficient (Wildman–Crippen LogP) is 3.21. The van der Waals surface area contributed by atoms with E-state index >= 15 is 0 Å². The number of nitrogens with zero attached hydrogens (tertiary/aromatic N) is 1. The molecule has 0 bridgehead atoms. The Hall–Kier alpha value is -0.950. The van der Waals surface area contributed by atoms with Crippen LogP contribution < -0.4 is 0 Å². The molecule has 0 atom stereocenters. The molecule has 0 aliphatic carbocycles. The molecule has 2 rings (SSSR count). The van der Waals surface area contributed by atoms with Crippen LogP contribution >= 0.6 is 11.6 Å². The van der Waals surface area contributed by atoms with Gasteiger partial charge >= 0.3 is 0 Å². The second-order valence-electron chi connectivity index (χ2n) is 3.07. The normalized spacial score (nSPS) is 10.9. The molecule has 2 aromatic rings. The third kappa shape index (κ3) is 1.01. The minimum atomic E-state index is 0.779. The Bertz CT molecular complexity index is 429. The summed E-state index contributed by atoms with van der Waals surface area (Å²) < 4.78 is 2.11. The second kappa shape index (κ2) is 2.53. The van der Waals surface area contributed by atoms with E-state index < -0.39 is 0 Å². The number of aromatic nitrogens is 1. The van der Waals surface area contributed by atoms with Crippen LogP contribution in [-0.4, -0.2) is 4.40 Å². The first-order valence-electron chi connectivity index (χ1n) is 3.92. The quantitative estimate of drug-likeness (QED) is 0.585. The van der Waals surface area contributed by atoms with Crippen molar-refractivity contribution in [2.75, 3.05) is 0 Å². The number of pyridine rings is 1. The summed E-state index contributed by atoms with van der Waals surface area (Å²) in [4.78, 5) is 0. The fraction of sp³-hybridized carbons (Fsp3) is 0.200. The van der Waals surface area contributed by atoms with Gasteiger partial charge in [-0.2, -0.15) is 0 Å². The molecular formula is C10H10ClN. The molecule has 2 heteroatoms. The highest BCUT2D eigenvalue weighted by molar-refractivity contribution is 6.30. The maximum Gasteiger partial charge on any atom is 0.0572 e. The molecular weight excluding hydrogens is 170 g/mol. The molecule has 0 aliphatic rings. The van der Waals surface area contributed by atoms with Crippen LogP contribution in [0.4, 0.5) is 0 Å². The van der Waals surface area contributed by atoms with Gasteiger partial charge in [-0.1, -0.05) is 11.6 Å². The second-order valence-corrected chi connectivity index (χ2v) is 3.51. The van der Waals surface area contributed by atoms with Gasteiger partial charge < -0.3 is 4.40 Å². The van der Waals surface area contributed by atoms with Gasteiger partial charge in [-0.25, -0.2) is 0 Å². The zero-order valence-electron chi connectivity index (χ0n) is 7.13. The van der Waals surface area contributed by atoms with Crippen LogP contribution in [0.15, 0.2) is 24.4 Å². The summed E-state index contributed by atoms with van der Waals surface area (Å²) in [5, 5.41) is 0.779. The van der Waals surface area contributed by atoms with E-state index in [2.05, 4.69) is 24.3 Å². The molecule has 0 saturated carbocycles. The van der Waals surface area contributed by atoms with E-state index in [-0.39, 0.29) is 0 Å². The Morgan fingerprint density at radius 3 is 2.75 bits per heavy atom. The summed E-state index contributed by atoms with van der Waals surface area (Å²) in [6.45, 7) is 4.19. The molecule has 62 valence electrons. The summed E-state index contributed by atoms with van der Waals surface area (Å²) in [6, 6.07) is 6.12. The van der Waals surface area contributed by atoms with E-state index in [0.717, 1.165) is 5.02 Å². The van der Waals surface area contributed by atoms with Crippen LogP contribution in [0, 0.1) is 13.8 Å². The van der Waals surface area contributed by atoms with E-state index in [1.807, 2.05) is 18.3 Å². The van der Waals surface area contributed by atoms with Gasteiger partial charge in [0, 0.05) is 17.4 Å². The smallest absolute Gasteiger partial charge is 0.0572 e. The van der Waals surface area contributed by atoms with Crippen LogP contribution in [0.1, 0.15) is 11.3 Å². The van der Waals surface area contributed by atoms with Gasteiger partial charge in [0.2, 0.25) is 0 Å². The van der Waals surface area contributed by atoms with Gasteiger partial charge in [0.05, 0.1) is 5.02 Å². The Morgan fingerprint density at radius 2 is 2.00 bits per heavy atom. The first-order valence-corrected chi connectivity index (χ1v) is 4.30. The summed E-state index contributed by atoms with van der Waals surface area (Å²) in [5.74, 6) is 0. The Labute approximate surface area is 76.6 Å². The average Bonchev–Trinajstić information content (AvgIpc) is 2.28. The molecule has 12 heavy (non-hydrogen) atoms. The van der Waals surface area contributed by atoms with Crippen LogP contribution in [0.5, 0.6) is 0 Å². The van der Waals surface area contributed by atoms with Gasteiger partial charge in [0.25, 0.3) is 0 Å². The third-order valence-corrected chi connectivity index (χ3v) is 2.35. The molecule has 1 nitrogen and oxygen atoms in total. The predicted molar refractivity (Wildman–Crippen MR) is 51.9 cm³/mol. The summed E-state index contributed by atoms with van der Waals surface area (Å²) >= 11 is 5.88. The van der Waals surface area contributed by atoms with Crippen molar-refractivity contribution >= 4 is 17.1 Å². The van der Waals surface area contributed by atoms with Gasteiger partial charge in [-0.05, 0) is 37.6 Å². The lowest BCUT2D eigenvalue weighted by atomic mass is 10.3. The van der Waals surface area contributed by atoms with E-state index in [4.69, 9.17) is 11.6 Å². The van der Waals surface area contributed by atoms with Crippen molar-refractivity contribution in [1.29, 1.82) is 0 Å². The molecule has 0 spiro atoms. The van der Waals surface area contributed by atoms with Crippen molar-refractivity contribution in [3.63, 3.8) is 0 Å². The highest BCUT2D eigenvalue weighted by Gasteiger charge is 2.01. The van der Waals surface area contributed by atoms with E-state index in [1.165, 1.54) is 16.8 Å². The molecule has 0 aromatic carbocycles. The Balaban J connectivity index is 2.90. The van der Waals surface area contributed by atoms with Crippen molar-refractivity contribution in [2.24, 2.45) is 0 Å². The minimum absolute atomic E-state index is 0.779. The highest BCUT2D eigenvalue weighted by Crippen LogP contribution is 2.18. The van der Waals surface area contributed by atoms with Crippen molar-refractivity contribution < 1.29 is 0 Å². The number of rotatable bonds is 0.